The zero-order valence-corrected chi connectivity index (χ0v) is 18.3. The summed E-state index contributed by atoms with van der Waals surface area (Å²) in [6, 6.07) is 5.56. The number of ether oxygens (including phenoxy) is 2. The summed E-state index contributed by atoms with van der Waals surface area (Å²) >= 11 is 0. The normalized spacial score (nSPS) is 20.5. The first-order chi connectivity index (χ1) is 16.2. The van der Waals surface area contributed by atoms with Crippen LogP contribution < -0.4 is 20.3 Å². The van der Waals surface area contributed by atoms with Crippen LogP contribution in [0.15, 0.2) is 35.4 Å². The number of pyridine rings is 3. The monoisotopic (exact) mass is 451 g/mol. The summed E-state index contributed by atoms with van der Waals surface area (Å²) in [6.45, 7) is 4.94. The van der Waals surface area contributed by atoms with Crippen LogP contribution in [0.1, 0.15) is 30.0 Å². The average Bonchev–Trinajstić information content (AvgIpc) is 3.23. The molecule has 8 nitrogen and oxygen atoms in total. The Kier molecular flexibility index (Phi) is 5.22. The molecule has 6 rings (SSSR count). The van der Waals surface area contributed by atoms with E-state index in [1.807, 2.05) is 6.07 Å². The van der Waals surface area contributed by atoms with E-state index in [2.05, 4.69) is 20.2 Å². The van der Waals surface area contributed by atoms with Crippen LogP contribution in [-0.2, 0) is 13.1 Å². The van der Waals surface area contributed by atoms with Crippen molar-refractivity contribution in [2.45, 2.75) is 37.9 Å². The lowest BCUT2D eigenvalue weighted by Gasteiger charge is -2.34. The number of nitrogens with zero attached hydrogens (tertiary/aromatic N) is 4. The zero-order chi connectivity index (χ0) is 22.4. The Morgan fingerprint density at radius 2 is 1.91 bits per heavy atom. The molecule has 1 fully saturated rings. The molecule has 3 aromatic rings. The lowest BCUT2D eigenvalue weighted by atomic mass is 9.98. The van der Waals surface area contributed by atoms with E-state index >= 15 is 0 Å². The number of likely N-dealkylation sites (tertiary alicyclic amines) is 1. The van der Waals surface area contributed by atoms with Crippen LogP contribution in [0.5, 0.6) is 11.5 Å². The summed E-state index contributed by atoms with van der Waals surface area (Å²) in [5.74, 6) is 1.12. The molecular weight excluding hydrogens is 425 g/mol. The topological polar surface area (TPSA) is 81.5 Å². The molecule has 0 aliphatic carbocycles. The number of nitrogens with one attached hydrogen (secondary N) is 1. The first kappa shape index (κ1) is 20.6. The summed E-state index contributed by atoms with van der Waals surface area (Å²) in [4.78, 5) is 23.3. The van der Waals surface area contributed by atoms with Gasteiger partial charge in [-0.05, 0) is 32.0 Å². The van der Waals surface area contributed by atoms with Crippen LogP contribution >= 0.6 is 0 Å². The summed E-state index contributed by atoms with van der Waals surface area (Å²) in [6.07, 6.45) is 5.04. The molecule has 1 atom stereocenters. The van der Waals surface area contributed by atoms with Crippen molar-refractivity contribution >= 4 is 11.0 Å². The highest BCUT2D eigenvalue weighted by atomic mass is 19.1. The number of hydrogen-bond acceptors (Lipinski definition) is 7. The fourth-order valence-electron chi connectivity index (χ4n) is 5.26. The molecule has 33 heavy (non-hydrogen) atoms. The largest absolute Gasteiger partial charge is 0.486 e. The molecule has 3 aliphatic heterocycles. The molecule has 1 saturated heterocycles. The van der Waals surface area contributed by atoms with Crippen LogP contribution in [0.25, 0.3) is 11.0 Å². The molecule has 1 N–H and O–H groups in total. The van der Waals surface area contributed by atoms with E-state index in [-0.39, 0.29) is 17.3 Å². The number of aromatic nitrogens is 3. The number of fused-ring (bicyclic) bond motifs is 1. The van der Waals surface area contributed by atoms with Gasteiger partial charge in [0.2, 0.25) is 0 Å². The van der Waals surface area contributed by atoms with E-state index in [1.54, 1.807) is 16.8 Å². The third kappa shape index (κ3) is 3.85. The number of rotatable bonds is 5. The molecular formula is C24H26FN5O3. The van der Waals surface area contributed by atoms with Gasteiger partial charge >= 0.3 is 0 Å². The maximum absolute atomic E-state index is 14.7. The van der Waals surface area contributed by atoms with E-state index in [4.69, 9.17) is 9.47 Å². The van der Waals surface area contributed by atoms with Gasteiger partial charge in [-0.2, -0.15) is 0 Å². The molecule has 0 saturated carbocycles. The van der Waals surface area contributed by atoms with Crippen LogP contribution in [0.3, 0.4) is 0 Å². The fourth-order valence-corrected chi connectivity index (χ4v) is 5.26. The summed E-state index contributed by atoms with van der Waals surface area (Å²) in [5, 5.41) is 3.61. The Labute approximate surface area is 190 Å². The van der Waals surface area contributed by atoms with Crippen molar-refractivity contribution in [3.63, 3.8) is 0 Å². The van der Waals surface area contributed by atoms with Crippen molar-refractivity contribution in [1.82, 2.24) is 24.8 Å². The lowest BCUT2D eigenvalue weighted by molar-refractivity contribution is 0.170. The third-order valence-corrected chi connectivity index (χ3v) is 6.93. The maximum atomic E-state index is 14.7. The van der Waals surface area contributed by atoms with Crippen molar-refractivity contribution in [2.75, 3.05) is 32.8 Å². The highest BCUT2D eigenvalue weighted by Gasteiger charge is 2.31. The van der Waals surface area contributed by atoms with Crippen molar-refractivity contribution < 1.29 is 13.9 Å². The number of halogens is 1. The van der Waals surface area contributed by atoms with Gasteiger partial charge in [0.25, 0.3) is 5.56 Å². The van der Waals surface area contributed by atoms with Crippen molar-refractivity contribution in [2.24, 2.45) is 0 Å². The minimum atomic E-state index is -0.312. The van der Waals surface area contributed by atoms with Gasteiger partial charge in [-0.15, -0.1) is 0 Å². The van der Waals surface area contributed by atoms with Gasteiger partial charge in [0.15, 0.2) is 11.5 Å². The molecule has 0 aromatic carbocycles. The van der Waals surface area contributed by atoms with Crippen LogP contribution in [0, 0.1) is 5.82 Å². The molecule has 3 aromatic heterocycles. The Hall–Kier alpha value is -3.04. The van der Waals surface area contributed by atoms with Crippen LogP contribution in [0.4, 0.5) is 4.39 Å². The summed E-state index contributed by atoms with van der Waals surface area (Å²) < 4.78 is 27.5. The molecule has 9 heteroatoms. The quantitative estimate of drug-likeness (QED) is 0.636. The van der Waals surface area contributed by atoms with Gasteiger partial charge < -0.3 is 24.3 Å². The van der Waals surface area contributed by atoms with E-state index < -0.39 is 0 Å². The predicted molar refractivity (Wildman–Crippen MR) is 120 cm³/mol. The summed E-state index contributed by atoms with van der Waals surface area (Å²) in [5.41, 5.74) is 2.84. The van der Waals surface area contributed by atoms with Gasteiger partial charge in [0, 0.05) is 49.3 Å². The summed E-state index contributed by atoms with van der Waals surface area (Å²) in [7, 11) is 0. The Balaban J connectivity index is 1.06. The molecule has 0 unspecified atom stereocenters. The Morgan fingerprint density at radius 1 is 1.09 bits per heavy atom. The van der Waals surface area contributed by atoms with Gasteiger partial charge in [-0.25, -0.2) is 4.39 Å². The maximum Gasteiger partial charge on any atom is 0.251 e. The SMILES string of the molecule is O=c1ccc2ncc(F)c3c2n1C[C@@H]3CN1CCC(NCc2cc3c(cn2)OCCO3)CC1. The highest BCUT2D eigenvalue weighted by Crippen LogP contribution is 2.34. The average molecular weight is 452 g/mol. The number of piperidine rings is 1. The highest BCUT2D eigenvalue weighted by molar-refractivity contribution is 5.80. The minimum absolute atomic E-state index is 0.0305. The second kappa shape index (κ2) is 8.39. The van der Waals surface area contributed by atoms with Crippen LogP contribution in [0.2, 0.25) is 0 Å². The van der Waals surface area contributed by atoms with Gasteiger partial charge in [-0.1, -0.05) is 0 Å². The molecule has 0 amide bonds. The van der Waals surface area contributed by atoms with E-state index in [1.165, 1.54) is 12.3 Å². The Bertz CT molecular complexity index is 1250. The smallest absolute Gasteiger partial charge is 0.251 e. The lowest BCUT2D eigenvalue weighted by Crippen LogP contribution is -2.43. The molecule has 3 aliphatic rings. The fraction of sp³-hybridized carbons (Fsp3) is 0.458. The molecule has 0 bridgehead atoms. The molecule has 6 heterocycles. The standard InChI is InChI=1S/C24H26FN5O3/c25-18-11-28-19-1-2-22(31)30-14-15(23(18)24(19)30)13-29-5-3-16(4-6-29)26-10-17-9-20-21(12-27-17)33-8-7-32-20/h1-2,9,11-12,15-16,26H,3-8,10,13-14H2/t15-/m0/s1. The first-order valence-corrected chi connectivity index (χ1v) is 11.5. The van der Waals surface area contributed by atoms with Gasteiger partial charge in [0.05, 0.1) is 29.1 Å². The van der Waals surface area contributed by atoms with Gasteiger partial charge in [-0.3, -0.25) is 14.8 Å². The first-order valence-electron chi connectivity index (χ1n) is 11.5. The van der Waals surface area contributed by atoms with Crippen LogP contribution in [-0.4, -0.2) is 58.3 Å². The molecule has 172 valence electrons. The van der Waals surface area contributed by atoms with E-state index in [9.17, 15) is 9.18 Å². The van der Waals surface area contributed by atoms with Crippen molar-refractivity contribution in [3.8, 4) is 11.5 Å². The minimum Gasteiger partial charge on any atom is -0.486 e. The second-order valence-electron chi connectivity index (χ2n) is 9.01. The van der Waals surface area contributed by atoms with Gasteiger partial charge in [0.1, 0.15) is 19.0 Å². The van der Waals surface area contributed by atoms with E-state index in [0.29, 0.717) is 54.7 Å². The Morgan fingerprint density at radius 3 is 2.76 bits per heavy atom. The number of hydrogen-bond donors (Lipinski definition) is 1. The second-order valence-corrected chi connectivity index (χ2v) is 9.01. The molecule has 0 radical (unpaired) electrons. The van der Waals surface area contributed by atoms with Crippen molar-refractivity contribution in [3.05, 3.63) is 58.0 Å². The van der Waals surface area contributed by atoms with Crippen molar-refractivity contribution in [1.29, 1.82) is 0 Å². The third-order valence-electron chi connectivity index (χ3n) is 6.93. The molecule has 0 spiro atoms. The predicted octanol–water partition coefficient (Wildman–Crippen LogP) is 2.05. The van der Waals surface area contributed by atoms with E-state index in [0.717, 1.165) is 43.9 Å². The zero-order valence-electron chi connectivity index (χ0n) is 18.3.